The van der Waals surface area contributed by atoms with Gasteiger partial charge in [-0.05, 0) is 51.5 Å². The van der Waals surface area contributed by atoms with Gasteiger partial charge in [0.15, 0.2) is 0 Å². The summed E-state index contributed by atoms with van der Waals surface area (Å²) in [5.41, 5.74) is 1.61. The molecule has 1 heterocycles. The Morgan fingerprint density at radius 3 is 2.89 bits per heavy atom. The zero-order valence-electron chi connectivity index (χ0n) is 11.6. The van der Waals surface area contributed by atoms with E-state index in [1.165, 1.54) is 62.1 Å². The molecule has 2 nitrogen and oxygen atoms in total. The van der Waals surface area contributed by atoms with Crippen LogP contribution in [0.2, 0.25) is 0 Å². The molecule has 0 saturated heterocycles. The highest BCUT2D eigenvalue weighted by atomic mass is 32.1. The van der Waals surface area contributed by atoms with Crippen LogP contribution in [0.4, 0.5) is 0 Å². The van der Waals surface area contributed by atoms with Gasteiger partial charge in [-0.3, -0.25) is 0 Å². The number of rotatable bonds is 3. The first-order chi connectivity index (χ1) is 8.80. The Hall–Kier alpha value is -0.410. The summed E-state index contributed by atoms with van der Waals surface area (Å²) >= 11 is 2.00. The third kappa shape index (κ3) is 1.83. The van der Waals surface area contributed by atoms with E-state index in [0.717, 1.165) is 5.92 Å². The van der Waals surface area contributed by atoms with Crippen molar-refractivity contribution in [2.45, 2.75) is 63.8 Å². The van der Waals surface area contributed by atoms with E-state index in [0.29, 0.717) is 0 Å². The molecule has 0 spiro atoms. The summed E-state index contributed by atoms with van der Waals surface area (Å²) in [6, 6.07) is 0. The maximum Gasteiger partial charge on any atom is 0.114 e. The average Bonchev–Trinajstić information content (AvgIpc) is 3.02. The first-order valence-electron chi connectivity index (χ1n) is 7.48. The van der Waals surface area contributed by atoms with Crippen molar-refractivity contribution >= 4 is 11.3 Å². The van der Waals surface area contributed by atoms with E-state index >= 15 is 0 Å². The average molecular weight is 264 g/mol. The van der Waals surface area contributed by atoms with Gasteiger partial charge in [-0.25, -0.2) is 4.98 Å². The Labute approximate surface area is 114 Å². The van der Waals surface area contributed by atoms with Gasteiger partial charge < -0.3 is 5.32 Å². The number of thiazole rings is 1. The van der Waals surface area contributed by atoms with Crippen LogP contribution in [0.3, 0.4) is 0 Å². The van der Waals surface area contributed by atoms with Gasteiger partial charge in [0, 0.05) is 4.88 Å². The fourth-order valence-corrected chi connectivity index (χ4v) is 5.34. The number of aryl methyl sites for hydroxylation is 2. The fraction of sp³-hybridized carbons (Fsp3) is 0.800. The lowest BCUT2D eigenvalue weighted by atomic mass is 9.85. The van der Waals surface area contributed by atoms with Crippen LogP contribution in [0, 0.1) is 5.92 Å². The van der Waals surface area contributed by atoms with E-state index in [-0.39, 0.29) is 5.54 Å². The van der Waals surface area contributed by atoms with Crippen LogP contribution in [-0.2, 0) is 18.4 Å². The quantitative estimate of drug-likeness (QED) is 0.901. The van der Waals surface area contributed by atoms with Gasteiger partial charge in [-0.2, -0.15) is 0 Å². The van der Waals surface area contributed by atoms with E-state index in [2.05, 4.69) is 19.3 Å². The topological polar surface area (TPSA) is 24.9 Å². The highest BCUT2D eigenvalue weighted by Gasteiger charge is 2.44. The number of nitrogens with one attached hydrogen (secondary N) is 1. The van der Waals surface area contributed by atoms with Crippen molar-refractivity contribution in [1.82, 2.24) is 10.3 Å². The number of fused-ring (bicyclic) bond motifs is 1. The molecule has 0 amide bonds. The predicted octanol–water partition coefficient (Wildman–Crippen LogP) is 3.65. The van der Waals surface area contributed by atoms with E-state index in [4.69, 9.17) is 4.98 Å². The van der Waals surface area contributed by atoms with Crippen LogP contribution < -0.4 is 5.32 Å². The zero-order valence-corrected chi connectivity index (χ0v) is 12.4. The molecule has 2 aliphatic carbocycles. The Kier molecular flexibility index (Phi) is 3.46. The van der Waals surface area contributed by atoms with Crippen LogP contribution in [0.1, 0.15) is 61.0 Å². The Morgan fingerprint density at radius 2 is 2.17 bits per heavy atom. The molecule has 0 radical (unpaired) electrons. The maximum absolute atomic E-state index is 5.03. The minimum Gasteiger partial charge on any atom is -0.308 e. The largest absolute Gasteiger partial charge is 0.308 e. The minimum absolute atomic E-state index is 0.191. The zero-order chi connectivity index (χ0) is 12.6. The Balaban J connectivity index is 1.98. The van der Waals surface area contributed by atoms with Crippen molar-refractivity contribution < 1.29 is 0 Å². The highest BCUT2D eigenvalue weighted by molar-refractivity contribution is 7.11. The number of nitrogens with zero attached hydrogens (tertiary/aromatic N) is 1. The van der Waals surface area contributed by atoms with E-state index in [1.807, 2.05) is 11.3 Å². The van der Waals surface area contributed by atoms with Gasteiger partial charge >= 0.3 is 0 Å². The standard InChI is InChI=1S/C15H24N2S/c1-3-11-7-6-10-15(11,16-2)14-17-12-8-4-5-9-13(12)18-14/h11,16H,3-10H2,1-2H3. The Bertz CT molecular complexity index is 403. The molecule has 100 valence electrons. The summed E-state index contributed by atoms with van der Waals surface area (Å²) < 4.78 is 0. The van der Waals surface area contributed by atoms with Crippen molar-refractivity contribution in [3.63, 3.8) is 0 Å². The molecule has 0 aromatic carbocycles. The lowest BCUT2D eigenvalue weighted by molar-refractivity contribution is 0.257. The minimum atomic E-state index is 0.191. The normalized spacial score (nSPS) is 31.6. The molecular formula is C15H24N2S. The molecule has 1 aromatic rings. The summed E-state index contributed by atoms with van der Waals surface area (Å²) in [7, 11) is 2.13. The molecule has 2 unspecified atom stereocenters. The van der Waals surface area contributed by atoms with Crippen LogP contribution >= 0.6 is 11.3 Å². The molecular weight excluding hydrogens is 240 g/mol. The summed E-state index contributed by atoms with van der Waals surface area (Å²) in [5, 5.41) is 5.04. The molecule has 1 fully saturated rings. The molecule has 2 aliphatic rings. The second-order valence-electron chi connectivity index (χ2n) is 5.81. The third-order valence-electron chi connectivity index (χ3n) is 4.99. The van der Waals surface area contributed by atoms with Gasteiger partial charge in [0.2, 0.25) is 0 Å². The van der Waals surface area contributed by atoms with E-state index < -0.39 is 0 Å². The highest BCUT2D eigenvalue weighted by Crippen LogP contribution is 2.47. The van der Waals surface area contributed by atoms with Crippen molar-refractivity contribution in [2.75, 3.05) is 7.05 Å². The first-order valence-corrected chi connectivity index (χ1v) is 8.29. The third-order valence-corrected chi connectivity index (χ3v) is 6.32. The van der Waals surface area contributed by atoms with Crippen molar-refractivity contribution in [2.24, 2.45) is 5.92 Å². The summed E-state index contributed by atoms with van der Waals surface area (Å²) in [4.78, 5) is 6.61. The van der Waals surface area contributed by atoms with Crippen LogP contribution in [0.5, 0.6) is 0 Å². The molecule has 18 heavy (non-hydrogen) atoms. The van der Waals surface area contributed by atoms with Gasteiger partial charge in [-0.15, -0.1) is 11.3 Å². The first kappa shape index (κ1) is 12.6. The number of hydrogen-bond donors (Lipinski definition) is 1. The summed E-state index contributed by atoms with van der Waals surface area (Å²) in [5.74, 6) is 0.773. The lowest BCUT2D eigenvalue weighted by Gasteiger charge is -2.33. The SMILES string of the molecule is CCC1CCCC1(NC)c1nc2c(s1)CCCC2. The monoisotopic (exact) mass is 264 g/mol. The smallest absolute Gasteiger partial charge is 0.114 e. The lowest BCUT2D eigenvalue weighted by Crippen LogP contribution is -2.43. The van der Waals surface area contributed by atoms with Crippen molar-refractivity contribution in [3.8, 4) is 0 Å². The second-order valence-corrected chi connectivity index (χ2v) is 6.90. The molecule has 3 rings (SSSR count). The van der Waals surface area contributed by atoms with E-state index in [9.17, 15) is 0 Å². The van der Waals surface area contributed by atoms with Crippen LogP contribution in [0.25, 0.3) is 0 Å². The molecule has 1 aromatic heterocycles. The second kappa shape index (κ2) is 4.93. The van der Waals surface area contributed by atoms with Gasteiger partial charge in [0.1, 0.15) is 5.01 Å². The number of aromatic nitrogens is 1. The van der Waals surface area contributed by atoms with Crippen LogP contribution in [0.15, 0.2) is 0 Å². The molecule has 3 heteroatoms. The van der Waals surface area contributed by atoms with Crippen molar-refractivity contribution in [3.05, 3.63) is 15.6 Å². The molecule has 1 N–H and O–H groups in total. The molecule has 1 saturated carbocycles. The van der Waals surface area contributed by atoms with Gasteiger partial charge in [0.05, 0.1) is 11.2 Å². The van der Waals surface area contributed by atoms with Gasteiger partial charge in [-0.1, -0.05) is 19.8 Å². The maximum atomic E-state index is 5.03. The molecule has 0 bridgehead atoms. The molecule has 2 atom stereocenters. The Morgan fingerprint density at radius 1 is 1.33 bits per heavy atom. The van der Waals surface area contributed by atoms with Gasteiger partial charge in [0.25, 0.3) is 0 Å². The van der Waals surface area contributed by atoms with Crippen LogP contribution in [-0.4, -0.2) is 12.0 Å². The number of hydrogen-bond acceptors (Lipinski definition) is 3. The summed E-state index contributed by atoms with van der Waals surface area (Å²) in [6.45, 7) is 2.33. The summed E-state index contributed by atoms with van der Waals surface area (Å²) in [6.07, 6.45) is 10.4. The predicted molar refractivity (Wildman–Crippen MR) is 77.1 cm³/mol. The fourth-order valence-electron chi connectivity index (χ4n) is 3.89. The molecule has 0 aliphatic heterocycles. The van der Waals surface area contributed by atoms with E-state index in [1.54, 1.807) is 4.88 Å². The van der Waals surface area contributed by atoms with Crippen molar-refractivity contribution in [1.29, 1.82) is 0 Å².